The maximum Gasteiger partial charge on any atom is 0.408 e. The minimum atomic E-state index is -0.979. The molecule has 0 radical (unpaired) electrons. The van der Waals surface area contributed by atoms with E-state index in [-0.39, 0.29) is 25.6 Å². The molecule has 36 heavy (non-hydrogen) atoms. The van der Waals surface area contributed by atoms with E-state index in [0.717, 1.165) is 23.3 Å². The molecule has 0 saturated heterocycles. The smallest absolute Gasteiger partial charge is 0.408 e. The molecule has 0 aromatic heterocycles. The van der Waals surface area contributed by atoms with Gasteiger partial charge in [-0.15, -0.1) is 0 Å². The number of carbonyl (C=O) groups excluding carboxylic acids is 4. The predicted molar refractivity (Wildman–Crippen MR) is 136 cm³/mol. The van der Waals surface area contributed by atoms with Crippen LogP contribution < -0.4 is 10.6 Å². The Morgan fingerprint density at radius 1 is 0.806 bits per heavy atom. The van der Waals surface area contributed by atoms with Crippen molar-refractivity contribution in [2.75, 3.05) is 6.61 Å². The summed E-state index contributed by atoms with van der Waals surface area (Å²) in [7, 11) is 0. The molecule has 0 aliphatic carbocycles. The van der Waals surface area contributed by atoms with Gasteiger partial charge in [0.25, 0.3) is 0 Å². The number of hydrogen-bond acceptors (Lipinski definition) is 6. The van der Waals surface area contributed by atoms with Gasteiger partial charge in [-0.1, -0.05) is 74.5 Å². The molecule has 0 aliphatic rings. The zero-order valence-corrected chi connectivity index (χ0v) is 20.9. The van der Waals surface area contributed by atoms with Crippen LogP contribution in [0.1, 0.15) is 38.3 Å². The molecular formula is C28H34N2O6. The minimum absolute atomic E-state index is 0.0550. The minimum Gasteiger partial charge on any atom is -0.463 e. The fourth-order valence-electron chi connectivity index (χ4n) is 3.41. The number of carbonyl (C=O) groups is 4. The SMILES string of the molecule is CCOC(=O)/C=C/C(=O)C(CC(C)C)NC(=O)[C@H](Cc1ccccc1)NC(=O)OCc1ccccc1. The molecule has 2 aromatic carbocycles. The van der Waals surface area contributed by atoms with Gasteiger partial charge < -0.3 is 20.1 Å². The second-order valence-electron chi connectivity index (χ2n) is 8.63. The highest BCUT2D eigenvalue weighted by Gasteiger charge is 2.27. The zero-order chi connectivity index (χ0) is 26.3. The Morgan fingerprint density at radius 3 is 2.00 bits per heavy atom. The van der Waals surface area contributed by atoms with Crippen LogP contribution in [-0.4, -0.2) is 42.4 Å². The van der Waals surface area contributed by atoms with E-state index in [9.17, 15) is 19.2 Å². The van der Waals surface area contributed by atoms with E-state index in [1.165, 1.54) is 0 Å². The summed E-state index contributed by atoms with van der Waals surface area (Å²) in [4.78, 5) is 50.1. The van der Waals surface area contributed by atoms with Crippen LogP contribution in [0.3, 0.4) is 0 Å². The molecule has 0 fully saturated rings. The van der Waals surface area contributed by atoms with Gasteiger partial charge in [0.15, 0.2) is 5.78 Å². The average molecular weight is 495 g/mol. The number of rotatable bonds is 13. The molecule has 0 bridgehead atoms. The molecular weight excluding hydrogens is 460 g/mol. The molecule has 8 nitrogen and oxygen atoms in total. The Morgan fingerprint density at radius 2 is 1.42 bits per heavy atom. The highest BCUT2D eigenvalue weighted by Crippen LogP contribution is 2.10. The Bertz CT molecular complexity index is 1020. The van der Waals surface area contributed by atoms with Gasteiger partial charge in [0.05, 0.1) is 12.6 Å². The summed E-state index contributed by atoms with van der Waals surface area (Å²) in [6.45, 7) is 5.75. The first-order valence-electron chi connectivity index (χ1n) is 12.0. The van der Waals surface area contributed by atoms with E-state index >= 15 is 0 Å². The number of benzene rings is 2. The Labute approximate surface area is 212 Å². The summed E-state index contributed by atoms with van der Waals surface area (Å²) in [5.41, 5.74) is 1.64. The fourth-order valence-corrected chi connectivity index (χ4v) is 3.41. The lowest BCUT2D eigenvalue weighted by Crippen LogP contribution is -2.52. The van der Waals surface area contributed by atoms with Crippen LogP contribution in [0.15, 0.2) is 72.8 Å². The molecule has 2 atom stereocenters. The van der Waals surface area contributed by atoms with E-state index in [0.29, 0.717) is 6.42 Å². The van der Waals surface area contributed by atoms with Crippen molar-refractivity contribution < 1.29 is 28.7 Å². The van der Waals surface area contributed by atoms with Gasteiger partial charge >= 0.3 is 12.1 Å². The Kier molecular flexibility index (Phi) is 11.9. The summed E-state index contributed by atoms with van der Waals surface area (Å²) in [6, 6.07) is 16.6. The lowest BCUT2D eigenvalue weighted by Gasteiger charge is -2.23. The van der Waals surface area contributed by atoms with Crippen molar-refractivity contribution in [2.24, 2.45) is 5.92 Å². The molecule has 2 amide bonds. The van der Waals surface area contributed by atoms with Crippen LogP contribution >= 0.6 is 0 Å². The topological polar surface area (TPSA) is 111 Å². The first kappa shape index (κ1) is 28.3. The van der Waals surface area contributed by atoms with Gasteiger partial charge in [0.2, 0.25) is 5.91 Å². The molecule has 2 N–H and O–H groups in total. The zero-order valence-electron chi connectivity index (χ0n) is 20.9. The molecule has 0 saturated carbocycles. The predicted octanol–water partition coefficient (Wildman–Crippen LogP) is 3.74. The van der Waals surface area contributed by atoms with Gasteiger partial charge in [0, 0.05) is 12.5 Å². The summed E-state index contributed by atoms with van der Waals surface area (Å²) < 4.78 is 10.1. The van der Waals surface area contributed by atoms with E-state index in [4.69, 9.17) is 9.47 Å². The molecule has 0 spiro atoms. The summed E-state index contributed by atoms with van der Waals surface area (Å²) in [6.07, 6.45) is 1.97. The largest absolute Gasteiger partial charge is 0.463 e. The monoisotopic (exact) mass is 494 g/mol. The van der Waals surface area contributed by atoms with Crippen LogP contribution in [0.2, 0.25) is 0 Å². The van der Waals surface area contributed by atoms with Gasteiger partial charge in [-0.25, -0.2) is 9.59 Å². The van der Waals surface area contributed by atoms with Crippen molar-refractivity contribution in [1.29, 1.82) is 0 Å². The standard InChI is InChI=1S/C28H34N2O6/c1-4-35-26(32)16-15-25(31)23(17-20(2)3)29-27(33)24(18-21-11-7-5-8-12-21)30-28(34)36-19-22-13-9-6-10-14-22/h5-16,20,23-24H,4,17-19H2,1-3H3,(H,29,33)(H,30,34)/b16-15+/t23?,24-/m0/s1. The van der Waals surface area contributed by atoms with Crippen LogP contribution in [0.25, 0.3) is 0 Å². The van der Waals surface area contributed by atoms with Crippen molar-refractivity contribution in [2.45, 2.75) is 52.3 Å². The number of hydrogen-bond donors (Lipinski definition) is 2. The van der Waals surface area contributed by atoms with E-state index in [1.54, 1.807) is 6.92 Å². The van der Waals surface area contributed by atoms with Crippen molar-refractivity contribution in [1.82, 2.24) is 10.6 Å². The van der Waals surface area contributed by atoms with Crippen molar-refractivity contribution in [3.8, 4) is 0 Å². The third-order valence-corrected chi connectivity index (χ3v) is 5.14. The highest BCUT2D eigenvalue weighted by atomic mass is 16.5. The number of nitrogens with one attached hydrogen (secondary N) is 2. The van der Waals surface area contributed by atoms with Crippen molar-refractivity contribution in [3.05, 3.63) is 83.9 Å². The fraction of sp³-hybridized carbons (Fsp3) is 0.357. The highest BCUT2D eigenvalue weighted by molar-refractivity contribution is 6.01. The second-order valence-corrected chi connectivity index (χ2v) is 8.63. The maximum absolute atomic E-state index is 13.2. The van der Waals surface area contributed by atoms with Crippen LogP contribution in [0.4, 0.5) is 4.79 Å². The van der Waals surface area contributed by atoms with Crippen LogP contribution in [-0.2, 0) is 36.9 Å². The molecule has 0 heterocycles. The number of esters is 1. The number of amides is 2. The molecule has 8 heteroatoms. The lowest BCUT2D eigenvalue weighted by molar-refractivity contribution is -0.137. The summed E-state index contributed by atoms with van der Waals surface area (Å²) in [5.74, 6) is -1.51. The van der Waals surface area contributed by atoms with E-state index < -0.39 is 35.8 Å². The Hall–Kier alpha value is -3.94. The molecule has 2 aromatic rings. The first-order chi connectivity index (χ1) is 17.3. The second kappa shape index (κ2) is 15.1. The average Bonchev–Trinajstić information content (AvgIpc) is 2.86. The molecule has 192 valence electrons. The Balaban J connectivity index is 2.12. The normalized spacial score (nSPS) is 12.6. The number of ketones is 1. The van der Waals surface area contributed by atoms with Crippen molar-refractivity contribution >= 4 is 23.8 Å². The van der Waals surface area contributed by atoms with Crippen LogP contribution in [0, 0.1) is 5.92 Å². The maximum atomic E-state index is 13.2. The molecule has 1 unspecified atom stereocenters. The van der Waals surface area contributed by atoms with Crippen molar-refractivity contribution in [3.63, 3.8) is 0 Å². The van der Waals surface area contributed by atoms with Gasteiger partial charge in [-0.2, -0.15) is 0 Å². The first-order valence-corrected chi connectivity index (χ1v) is 12.0. The summed E-state index contributed by atoms with van der Waals surface area (Å²) >= 11 is 0. The van der Waals surface area contributed by atoms with E-state index in [2.05, 4.69) is 10.6 Å². The molecule has 2 rings (SSSR count). The third-order valence-electron chi connectivity index (χ3n) is 5.14. The van der Waals surface area contributed by atoms with Gasteiger partial charge in [-0.3, -0.25) is 9.59 Å². The number of ether oxygens (including phenoxy) is 2. The lowest BCUT2D eigenvalue weighted by atomic mass is 9.98. The summed E-state index contributed by atoms with van der Waals surface area (Å²) in [5, 5.41) is 5.36. The van der Waals surface area contributed by atoms with E-state index in [1.807, 2.05) is 74.5 Å². The van der Waals surface area contributed by atoms with Gasteiger partial charge in [-0.05, 0) is 36.5 Å². The third kappa shape index (κ3) is 10.5. The number of alkyl carbamates (subject to hydrolysis) is 1. The van der Waals surface area contributed by atoms with Gasteiger partial charge in [0.1, 0.15) is 12.6 Å². The van der Waals surface area contributed by atoms with Crippen LogP contribution in [0.5, 0.6) is 0 Å². The quantitative estimate of drug-likeness (QED) is 0.324. The molecule has 0 aliphatic heterocycles.